The SMILES string of the molecule is O=C(c1nn2c(c1Cl)N[C@@H](c1ccccc1)C[C@H]2C(F)(F)F)N1CCN(C(c2ccccc2)c2ccccc2)CC1. The molecule has 6 rings (SSSR count). The zero-order chi connectivity index (χ0) is 28.6. The molecule has 0 aliphatic carbocycles. The molecule has 0 spiro atoms. The quantitative estimate of drug-likeness (QED) is 0.284. The molecule has 41 heavy (non-hydrogen) atoms. The molecular weight excluding hydrogens is 551 g/mol. The summed E-state index contributed by atoms with van der Waals surface area (Å²) in [4.78, 5) is 17.5. The van der Waals surface area contributed by atoms with E-state index in [0.717, 1.165) is 15.8 Å². The van der Waals surface area contributed by atoms with E-state index >= 15 is 0 Å². The highest BCUT2D eigenvalue weighted by Crippen LogP contribution is 2.46. The summed E-state index contributed by atoms with van der Waals surface area (Å²) in [6.07, 6.45) is -4.82. The average Bonchev–Trinajstić information content (AvgIpc) is 3.34. The van der Waals surface area contributed by atoms with Gasteiger partial charge in [-0.1, -0.05) is 103 Å². The standard InChI is InChI=1S/C31H29ClF3N5O/c32-26-27(37-40-25(31(33,34)35)20-24(36-29(26)40)21-10-4-1-5-11-21)30(41)39-18-16-38(17-19-39)28(22-12-6-2-7-13-22)23-14-8-3-9-15-23/h1-15,24-25,28,36H,16-20H2/t24-,25+/m1/s1. The Balaban J connectivity index is 1.23. The van der Waals surface area contributed by atoms with Gasteiger partial charge in [-0.2, -0.15) is 18.3 Å². The zero-order valence-electron chi connectivity index (χ0n) is 22.1. The molecule has 0 saturated carbocycles. The van der Waals surface area contributed by atoms with Crippen molar-refractivity contribution in [2.45, 2.75) is 30.7 Å². The van der Waals surface area contributed by atoms with Crippen LogP contribution < -0.4 is 5.32 Å². The number of aromatic nitrogens is 2. The Kier molecular flexibility index (Phi) is 7.48. The van der Waals surface area contributed by atoms with Gasteiger partial charge in [0.2, 0.25) is 0 Å². The van der Waals surface area contributed by atoms with Gasteiger partial charge >= 0.3 is 6.18 Å². The van der Waals surface area contributed by atoms with Gasteiger partial charge in [-0.15, -0.1) is 0 Å². The predicted molar refractivity (Wildman–Crippen MR) is 152 cm³/mol. The van der Waals surface area contributed by atoms with Crippen LogP contribution >= 0.6 is 11.6 Å². The summed E-state index contributed by atoms with van der Waals surface area (Å²) in [7, 11) is 0. The summed E-state index contributed by atoms with van der Waals surface area (Å²) in [6, 6.07) is 26.8. The van der Waals surface area contributed by atoms with E-state index in [0.29, 0.717) is 31.7 Å². The number of fused-ring (bicyclic) bond motifs is 1. The van der Waals surface area contributed by atoms with Gasteiger partial charge in [0.05, 0.1) is 12.1 Å². The number of nitrogens with one attached hydrogen (secondary N) is 1. The molecule has 1 N–H and O–H groups in total. The highest BCUT2D eigenvalue weighted by Gasteiger charge is 2.48. The highest BCUT2D eigenvalue weighted by atomic mass is 35.5. The van der Waals surface area contributed by atoms with Crippen LogP contribution in [0.2, 0.25) is 5.02 Å². The minimum absolute atomic E-state index is 0.0179. The largest absolute Gasteiger partial charge is 0.410 e. The third-order valence-electron chi connectivity index (χ3n) is 7.90. The Labute approximate surface area is 241 Å². The lowest BCUT2D eigenvalue weighted by atomic mass is 9.96. The molecule has 212 valence electrons. The molecule has 6 nitrogen and oxygen atoms in total. The normalized spacial score (nSPS) is 19.6. The summed E-state index contributed by atoms with van der Waals surface area (Å²) in [5.41, 5.74) is 2.86. The molecule has 10 heteroatoms. The first-order valence-electron chi connectivity index (χ1n) is 13.6. The average molecular weight is 580 g/mol. The Morgan fingerprint density at radius 1 is 0.854 bits per heavy atom. The monoisotopic (exact) mass is 579 g/mol. The van der Waals surface area contributed by atoms with E-state index in [-0.39, 0.29) is 29.0 Å². The smallest absolute Gasteiger partial charge is 0.362 e. The molecule has 1 saturated heterocycles. The maximum Gasteiger partial charge on any atom is 0.410 e. The number of halogens is 4. The third kappa shape index (κ3) is 5.44. The van der Waals surface area contributed by atoms with E-state index in [1.807, 2.05) is 42.5 Å². The topological polar surface area (TPSA) is 53.4 Å². The van der Waals surface area contributed by atoms with Gasteiger partial charge in [0.1, 0.15) is 10.8 Å². The fraction of sp³-hybridized carbons (Fsp3) is 0.290. The van der Waals surface area contributed by atoms with Crippen LogP contribution in [-0.2, 0) is 0 Å². The summed E-state index contributed by atoms with van der Waals surface area (Å²) in [5.74, 6) is -0.448. The van der Waals surface area contributed by atoms with Crippen LogP contribution in [0.4, 0.5) is 19.0 Å². The molecule has 3 heterocycles. The van der Waals surface area contributed by atoms with Crippen LogP contribution in [0, 0.1) is 0 Å². The van der Waals surface area contributed by atoms with E-state index in [9.17, 15) is 18.0 Å². The second kappa shape index (κ2) is 11.2. The van der Waals surface area contributed by atoms with Gasteiger partial charge in [-0.3, -0.25) is 9.69 Å². The van der Waals surface area contributed by atoms with Crippen molar-refractivity contribution < 1.29 is 18.0 Å². The van der Waals surface area contributed by atoms with Gasteiger partial charge in [-0.05, 0) is 16.7 Å². The van der Waals surface area contributed by atoms with E-state index in [1.54, 1.807) is 29.2 Å². The number of benzene rings is 3. The van der Waals surface area contributed by atoms with Crippen LogP contribution in [-0.4, -0.2) is 57.8 Å². The molecule has 1 aromatic heterocycles. The first-order chi connectivity index (χ1) is 19.8. The number of anilines is 1. The molecule has 0 bridgehead atoms. The van der Waals surface area contributed by atoms with Crippen molar-refractivity contribution >= 4 is 23.3 Å². The van der Waals surface area contributed by atoms with Crippen molar-refractivity contribution in [3.63, 3.8) is 0 Å². The van der Waals surface area contributed by atoms with Crippen molar-refractivity contribution in [2.75, 3.05) is 31.5 Å². The van der Waals surface area contributed by atoms with Crippen LogP contribution in [0.5, 0.6) is 0 Å². The number of carbonyl (C=O) groups excluding carboxylic acids is 1. The maximum atomic E-state index is 14.2. The van der Waals surface area contributed by atoms with E-state index in [4.69, 9.17) is 11.6 Å². The van der Waals surface area contributed by atoms with E-state index in [2.05, 4.69) is 39.6 Å². The Bertz CT molecular complexity index is 1450. The van der Waals surface area contributed by atoms with Crippen molar-refractivity contribution in [2.24, 2.45) is 0 Å². The van der Waals surface area contributed by atoms with E-state index in [1.165, 1.54) is 0 Å². The number of rotatable bonds is 5. The van der Waals surface area contributed by atoms with Gasteiger partial charge in [-0.25, -0.2) is 4.68 Å². The summed E-state index contributed by atoms with van der Waals surface area (Å²) < 4.78 is 43.4. The first kappa shape index (κ1) is 27.4. The number of hydrogen-bond donors (Lipinski definition) is 1. The fourth-order valence-electron chi connectivity index (χ4n) is 5.85. The second-order valence-corrected chi connectivity index (χ2v) is 10.8. The van der Waals surface area contributed by atoms with E-state index < -0.39 is 24.2 Å². The minimum atomic E-state index is -4.56. The lowest BCUT2D eigenvalue weighted by molar-refractivity contribution is -0.173. The summed E-state index contributed by atoms with van der Waals surface area (Å²) >= 11 is 6.59. The van der Waals surface area contributed by atoms with Crippen LogP contribution in [0.25, 0.3) is 0 Å². The Morgan fingerprint density at radius 3 is 1.93 bits per heavy atom. The number of hydrogen-bond acceptors (Lipinski definition) is 4. The maximum absolute atomic E-state index is 14.2. The van der Waals surface area contributed by atoms with Gasteiger partial charge in [0, 0.05) is 32.6 Å². The third-order valence-corrected chi connectivity index (χ3v) is 8.26. The first-order valence-corrected chi connectivity index (χ1v) is 14.0. The van der Waals surface area contributed by atoms with Crippen LogP contribution in [0.15, 0.2) is 91.0 Å². The summed E-state index contributed by atoms with van der Waals surface area (Å²) in [5, 5.41) is 7.17. The Hall–Kier alpha value is -3.82. The van der Waals surface area contributed by atoms with Crippen LogP contribution in [0.3, 0.4) is 0 Å². The molecule has 4 aromatic rings. The molecule has 0 radical (unpaired) electrons. The summed E-state index contributed by atoms with van der Waals surface area (Å²) in [6.45, 7) is 1.97. The molecule has 2 aliphatic rings. The lowest BCUT2D eigenvalue weighted by Crippen LogP contribution is -2.50. The predicted octanol–water partition coefficient (Wildman–Crippen LogP) is 6.74. The molecule has 3 aromatic carbocycles. The van der Waals surface area contributed by atoms with Crippen molar-refractivity contribution in [1.82, 2.24) is 19.6 Å². The molecule has 1 fully saturated rings. The van der Waals surface area contributed by atoms with Crippen molar-refractivity contribution in [3.8, 4) is 0 Å². The number of alkyl halides is 3. The van der Waals surface area contributed by atoms with Crippen molar-refractivity contribution in [3.05, 3.63) is 118 Å². The number of nitrogens with zero attached hydrogens (tertiary/aromatic N) is 4. The van der Waals surface area contributed by atoms with Gasteiger partial charge < -0.3 is 10.2 Å². The number of carbonyl (C=O) groups is 1. The van der Waals surface area contributed by atoms with Gasteiger partial charge in [0.25, 0.3) is 5.91 Å². The number of piperazine rings is 1. The highest BCUT2D eigenvalue weighted by molar-refractivity contribution is 6.36. The molecule has 1 amide bonds. The molecule has 2 aliphatic heterocycles. The lowest BCUT2D eigenvalue weighted by Gasteiger charge is -2.39. The fourth-order valence-corrected chi connectivity index (χ4v) is 6.11. The number of amides is 1. The molecular formula is C31H29ClF3N5O. The zero-order valence-corrected chi connectivity index (χ0v) is 22.9. The molecule has 2 atom stereocenters. The minimum Gasteiger partial charge on any atom is -0.362 e. The van der Waals surface area contributed by atoms with Gasteiger partial charge in [0.15, 0.2) is 11.7 Å². The Morgan fingerprint density at radius 2 is 1.39 bits per heavy atom. The molecule has 0 unspecified atom stereocenters. The second-order valence-electron chi connectivity index (χ2n) is 10.4. The van der Waals surface area contributed by atoms with Crippen LogP contribution in [0.1, 0.15) is 51.7 Å². The van der Waals surface area contributed by atoms with Crippen molar-refractivity contribution in [1.29, 1.82) is 0 Å².